The summed E-state index contributed by atoms with van der Waals surface area (Å²) in [6.45, 7) is -0.935. The molecule has 13 heavy (non-hydrogen) atoms. The van der Waals surface area contributed by atoms with Gasteiger partial charge in [-0.25, -0.2) is 13.2 Å². The number of aromatic nitrogens is 1. The van der Waals surface area contributed by atoms with Crippen LogP contribution in [0.1, 0.15) is 0 Å². The van der Waals surface area contributed by atoms with Gasteiger partial charge in [0, 0.05) is 12.1 Å². The van der Waals surface area contributed by atoms with Crippen LogP contribution in [0.3, 0.4) is 0 Å². The van der Waals surface area contributed by atoms with E-state index in [1.807, 2.05) is 0 Å². The Labute approximate surface area is 71.2 Å². The van der Waals surface area contributed by atoms with Crippen LogP contribution in [0.25, 0.3) is 0 Å². The maximum absolute atomic E-state index is 12.4. The van der Waals surface area contributed by atoms with Crippen LogP contribution in [0.4, 0.5) is 17.6 Å². The summed E-state index contributed by atoms with van der Waals surface area (Å²) in [5, 5.41) is 0. The number of rotatable bonds is 3. The van der Waals surface area contributed by atoms with E-state index in [0.29, 0.717) is 6.07 Å². The summed E-state index contributed by atoms with van der Waals surface area (Å²) in [6.07, 6.45) is -2.70. The van der Waals surface area contributed by atoms with Crippen LogP contribution in [0.5, 0.6) is 5.88 Å². The molecule has 0 aromatic carbocycles. The first-order chi connectivity index (χ1) is 6.08. The van der Waals surface area contributed by atoms with Gasteiger partial charge in [-0.1, -0.05) is 0 Å². The minimum absolute atomic E-state index is 0.488. The monoisotopic (exact) mass is 195 g/mol. The second-order valence-corrected chi connectivity index (χ2v) is 2.15. The number of nitrogens with zero attached hydrogens (tertiary/aromatic N) is 1. The van der Waals surface area contributed by atoms with E-state index < -0.39 is 30.7 Å². The third kappa shape index (κ3) is 3.27. The molecule has 0 unspecified atom stereocenters. The fourth-order valence-electron chi connectivity index (χ4n) is 0.666. The second-order valence-electron chi connectivity index (χ2n) is 2.15. The lowest BCUT2D eigenvalue weighted by Gasteiger charge is -2.03. The van der Waals surface area contributed by atoms with Crippen molar-refractivity contribution < 1.29 is 22.3 Å². The van der Waals surface area contributed by atoms with Crippen LogP contribution in [0.15, 0.2) is 12.1 Å². The van der Waals surface area contributed by atoms with Gasteiger partial charge < -0.3 is 4.74 Å². The predicted molar refractivity (Wildman–Crippen MR) is 35.7 cm³/mol. The lowest BCUT2D eigenvalue weighted by Crippen LogP contribution is -2.08. The summed E-state index contributed by atoms with van der Waals surface area (Å²) in [7, 11) is 0. The van der Waals surface area contributed by atoms with Crippen LogP contribution >= 0.6 is 0 Å². The molecule has 0 fully saturated rings. The smallest absolute Gasteiger partial charge is 0.272 e. The lowest BCUT2D eigenvalue weighted by molar-refractivity contribution is 0.0789. The van der Waals surface area contributed by atoms with Crippen LogP contribution < -0.4 is 4.74 Å². The summed E-state index contributed by atoms with van der Waals surface area (Å²) >= 11 is 0. The molecule has 0 aliphatic rings. The Morgan fingerprint density at radius 3 is 2.54 bits per heavy atom. The highest BCUT2D eigenvalue weighted by atomic mass is 19.3. The van der Waals surface area contributed by atoms with Gasteiger partial charge in [0.15, 0.2) is 6.61 Å². The van der Waals surface area contributed by atoms with E-state index in [-0.39, 0.29) is 0 Å². The molecule has 2 nitrogen and oxygen atoms in total. The molecule has 1 rings (SSSR count). The molecular weight excluding hydrogens is 190 g/mol. The summed E-state index contributed by atoms with van der Waals surface area (Å²) in [5.74, 6) is -2.51. The molecule has 1 aromatic heterocycles. The zero-order valence-corrected chi connectivity index (χ0v) is 6.31. The Hall–Kier alpha value is -1.33. The first kappa shape index (κ1) is 9.76. The van der Waals surface area contributed by atoms with E-state index in [1.54, 1.807) is 0 Å². The number of hydrogen-bond acceptors (Lipinski definition) is 2. The molecule has 0 aliphatic heterocycles. The SMILES string of the molecule is Fc1cc(F)nc(OCC(F)F)c1. The van der Waals surface area contributed by atoms with Crippen molar-refractivity contribution in [1.29, 1.82) is 0 Å². The van der Waals surface area contributed by atoms with Crippen molar-refractivity contribution in [3.8, 4) is 5.88 Å². The van der Waals surface area contributed by atoms with Crippen LogP contribution in [-0.2, 0) is 0 Å². The molecule has 1 aromatic rings. The molecule has 0 atom stereocenters. The average Bonchev–Trinajstić information content (AvgIpc) is 1.99. The molecule has 0 spiro atoms. The molecule has 0 radical (unpaired) electrons. The van der Waals surface area contributed by atoms with E-state index >= 15 is 0 Å². The molecule has 0 N–H and O–H groups in total. The predicted octanol–water partition coefficient (Wildman–Crippen LogP) is 2.00. The van der Waals surface area contributed by atoms with Crippen molar-refractivity contribution in [2.75, 3.05) is 6.61 Å². The minimum atomic E-state index is -2.70. The van der Waals surface area contributed by atoms with Crippen molar-refractivity contribution in [3.63, 3.8) is 0 Å². The fraction of sp³-hybridized carbons (Fsp3) is 0.286. The highest BCUT2D eigenvalue weighted by Crippen LogP contribution is 2.11. The maximum Gasteiger partial charge on any atom is 0.272 e. The third-order valence-corrected chi connectivity index (χ3v) is 1.09. The topological polar surface area (TPSA) is 22.1 Å². The number of alkyl halides is 2. The van der Waals surface area contributed by atoms with Crippen LogP contribution in [0.2, 0.25) is 0 Å². The first-order valence-electron chi connectivity index (χ1n) is 3.32. The maximum atomic E-state index is 12.4. The van der Waals surface area contributed by atoms with Gasteiger partial charge in [-0.05, 0) is 0 Å². The van der Waals surface area contributed by atoms with Gasteiger partial charge in [0.25, 0.3) is 6.43 Å². The molecule has 0 saturated heterocycles. The second kappa shape index (κ2) is 4.06. The van der Waals surface area contributed by atoms with Crippen molar-refractivity contribution in [2.24, 2.45) is 0 Å². The van der Waals surface area contributed by atoms with Gasteiger partial charge in [0.2, 0.25) is 11.8 Å². The quantitative estimate of drug-likeness (QED) is 0.543. The average molecular weight is 195 g/mol. The Morgan fingerprint density at radius 2 is 2.00 bits per heavy atom. The standard InChI is InChI=1S/C7H5F4NO/c8-4-1-6(11)12-7(2-4)13-3-5(9)10/h1-2,5H,3H2. The van der Waals surface area contributed by atoms with Crippen LogP contribution in [-0.4, -0.2) is 18.0 Å². The van der Waals surface area contributed by atoms with Crippen molar-refractivity contribution in [2.45, 2.75) is 6.43 Å². The van der Waals surface area contributed by atoms with Gasteiger partial charge in [0.05, 0.1) is 0 Å². The third-order valence-electron chi connectivity index (χ3n) is 1.09. The molecule has 0 saturated carbocycles. The van der Waals surface area contributed by atoms with Gasteiger partial charge in [0.1, 0.15) is 5.82 Å². The normalized spacial score (nSPS) is 10.5. The van der Waals surface area contributed by atoms with Crippen molar-refractivity contribution in [3.05, 3.63) is 23.9 Å². The Kier molecular flexibility index (Phi) is 3.05. The van der Waals surface area contributed by atoms with Gasteiger partial charge in [-0.3, -0.25) is 0 Å². The van der Waals surface area contributed by atoms with Gasteiger partial charge in [-0.15, -0.1) is 0 Å². The Morgan fingerprint density at radius 1 is 1.31 bits per heavy atom. The number of ether oxygens (including phenoxy) is 1. The number of pyridine rings is 1. The van der Waals surface area contributed by atoms with Gasteiger partial charge in [-0.2, -0.15) is 9.37 Å². The van der Waals surface area contributed by atoms with Crippen molar-refractivity contribution >= 4 is 0 Å². The summed E-state index contributed by atoms with van der Waals surface area (Å²) in [6, 6.07) is 1.25. The van der Waals surface area contributed by atoms with E-state index in [0.717, 1.165) is 6.07 Å². The zero-order chi connectivity index (χ0) is 9.84. The van der Waals surface area contributed by atoms with E-state index in [9.17, 15) is 17.6 Å². The first-order valence-corrected chi connectivity index (χ1v) is 3.32. The molecule has 1 heterocycles. The van der Waals surface area contributed by atoms with Crippen LogP contribution in [0, 0.1) is 11.8 Å². The summed E-state index contributed by atoms with van der Waals surface area (Å²) in [4.78, 5) is 3.04. The molecule has 72 valence electrons. The van der Waals surface area contributed by atoms with E-state index in [1.165, 1.54) is 0 Å². The van der Waals surface area contributed by atoms with Crippen molar-refractivity contribution in [1.82, 2.24) is 4.98 Å². The number of hydrogen-bond donors (Lipinski definition) is 0. The Bertz CT molecular complexity index is 272. The largest absolute Gasteiger partial charge is 0.471 e. The van der Waals surface area contributed by atoms with E-state index in [4.69, 9.17) is 0 Å². The lowest BCUT2D eigenvalue weighted by atomic mass is 10.4. The molecule has 0 aliphatic carbocycles. The zero-order valence-electron chi connectivity index (χ0n) is 6.31. The van der Waals surface area contributed by atoms with Gasteiger partial charge >= 0.3 is 0 Å². The molecular formula is C7H5F4NO. The fourth-order valence-corrected chi connectivity index (χ4v) is 0.666. The molecule has 6 heteroatoms. The summed E-state index contributed by atoms with van der Waals surface area (Å²) < 4.78 is 52.2. The van der Waals surface area contributed by atoms with E-state index in [2.05, 4.69) is 9.72 Å². The molecule has 0 amide bonds. The Balaban J connectivity index is 2.66. The molecule has 0 bridgehead atoms. The highest BCUT2D eigenvalue weighted by molar-refractivity contribution is 5.12. The minimum Gasteiger partial charge on any atom is -0.471 e. The highest BCUT2D eigenvalue weighted by Gasteiger charge is 2.06. The summed E-state index contributed by atoms with van der Waals surface area (Å²) in [5.41, 5.74) is 0. The number of halogens is 4.